The van der Waals surface area contributed by atoms with Crippen molar-refractivity contribution in [3.8, 4) is 0 Å². The van der Waals surface area contributed by atoms with Gasteiger partial charge in [-0.1, -0.05) is 52.4 Å². The first-order chi connectivity index (χ1) is 9.33. The SMILES string of the molecule is CC(C(N)=S)S(=O)(=O)Nc1ccc(Br)c2ccccc12. The normalized spacial score (nSPS) is 13.1. The van der Waals surface area contributed by atoms with Gasteiger partial charge in [-0.05, 0) is 24.4 Å². The second-order valence-electron chi connectivity index (χ2n) is 4.33. The molecule has 0 aliphatic heterocycles. The average Bonchev–Trinajstić information content (AvgIpc) is 2.41. The molecule has 2 aromatic carbocycles. The van der Waals surface area contributed by atoms with Gasteiger partial charge >= 0.3 is 0 Å². The van der Waals surface area contributed by atoms with E-state index in [1.807, 2.05) is 24.3 Å². The smallest absolute Gasteiger partial charge is 0.241 e. The molecule has 2 aromatic rings. The van der Waals surface area contributed by atoms with Crippen molar-refractivity contribution in [2.75, 3.05) is 4.72 Å². The van der Waals surface area contributed by atoms with Gasteiger partial charge in [0.15, 0.2) is 0 Å². The Bertz CT molecular complexity index is 775. The number of thiocarbonyl (C=S) groups is 1. The number of rotatable bonds is 4. The molecule has 20 heavy (non-hydrogen) atoms. The summed E-state index contributed by atoms with van der Waals surface area (Å²) >= 11 is 8.20. The Morgan fingerprint density at radius 1 is 1.25 bits per heavy atom. The van der Waals surface area contributed by atoms with E-state index in [1.165, 1.54) is 6.92 Å². The Morgan fingerprint density at radius 2 is 1.85 bits per heavy atom. The molecule has 4 nitrogen and oxygen atoms in total. The highest BCUT2D eigenvalue weighted by Crippen LogP contribution is 2.30. The zero-order chi connectivity index (χ0) is 14.9. The summed E-state index contributed by atoms with van der Waals surface area (Å²) in [6, 6.07) is 11.0. The molecule has 0 aliphatic rings. The second-order valence-corrected chi connectivity index (χ2v) is 7.66. The molecule has 106 valence electrons. The lowest BCUT2D eigenvalue weighted by Gasteiger charge is -2.15. The number of sulfonamides is 1. The van der Waals surface area contributed by atoms with Crippen LogP contribution >= 0.6 is 28.1 Å². The van der Waals surface area contributed by atoms with Crippen LogP contribution in [-0.2, 0) is 10.0 Å². The molecule has 7 heteroatoms. The largest absolute Gasteiger partial charge is 0.392 e. The van der Waals surface area contributed by atoms with Crippen molar-refractivity contribution in [1.29, 1.82) is 0 Å². The van der Waals surface area contributed by atoms with Gasteiger partial charge in [0.25, 0.3) is 0 Å². The van der Waals surface area contributed by atoms with Crippen molar-refractivity contribution in [2.24, 2.45) is 5.73 Å². The van der Waals surface area contributed by atoms with Gasteiger partial charge in [0.1, 0.15) is 5.25 Å². The Balaban J connectivity index is 2.51. The summed E-state index contributed by atoms with van der Waals surface area (Å²) in [5.41, 5.74) is 5.92. The van der Waals surface area contributed by atoms with Gasteiger partial charge in [-0.25, -0.2) is 8.42 Å². The number of nitrogens with one attached hydrogen (secondary N) is 1. The van der Waals surface area contributed by atoms with E-state index in [0.29, 0.717) is 5.69 Å². The van der Waals surface area contributed by atoms with Crippen LogP contribution < -0.4 is 10.5 Å². The predicted molar refractivity (Wildman–Crippen MR) is 90.4 cm³/mol. The minimum atomic E-state index is -3.65. The second kappa shape index (κ2) is 5.67. The Labute approximate surface area is 131 Å². The molecule has 0 heterocycles. The maximum atomic E-state index is 12.2. The van der Waals surface area contributed by atoms with Crippen LogP contribution in [0.3, 0.4) is 0 Å². The van der Waals surface area contributed by atoms with Crippen molar-refractivity contribution in [2.45, 2.75) is 12.2 Å². The lowest BCUT2D eigenvalue weighted by Crippen LogP contribution is -2.35. The topological polar surface area (TPSA) is 72.2 Å². The van der Waals surface area contributed by atoms with Crippen LogP contribution in [0.5, 0.6) is 0 Å². The van der Waals surface area contributed by atoms with E-state index in [1.54, 1.807) is 12.1 Å². The summed E-state index contributed by atoms with van der Waals surface area (Å²) < 4.78 is 27.8. The lowest BCUT2D eigenvalue weighted by molar-refractivity contribution is 0.598. The average molecular weight is 373 g/mol. The Kier molecular flexibility index (Phi) is 4.31. The summed E-state index contributed by atoms with van der Waals surface area (Å²) in [6.07, 6.45) is 0. The molecule has 2 rings (SSSR count). The number of halogens is 1. The minimum Gasteiger partial charge on any atom is -0.392 e. The molecule has 0 saturated heterocycles. The van der Waals surface area contributed by atoms with Crippen LogP contribution in [0.15, 0.2) is 40.9 Å². The number of hydrogen-bond donors (Lipinski definition) is 2. The highest BCUT2D eigenvalue weighted by atomic mass is 79.9. The molecule has 0 aliphatic carbocycles. The van der Waals surface area contributed by atoms with E-state index < -0.39 is 15.3 Å². The van der Waals surface area contributed by atoms with Crippen molar-refractivity contribution < 1.29 is 8.42 Å². The summed E-state index contributed by atoms with van der Waals surface area (Å²) in [5.74, 6) is 0. The highest BCUT2D eigenvalue weighted by molar-refractivity contribution is 9.10. The third-order valence-corrected chi connectivity index (χ3v) is 5.87. The fraction of sp³-hybridized carbons (Fsp3) is 0.154. The van der Waals surface area contributed by atoms with Gasteiger partial charge < -0.3 is 5.73 Å². The molecule has 0 fully saturated rings. The van der Waals surface area contributed by atoms with E-state index in [0.717, 1.165) is 15.2 Å². The third-order valence-electron chi connectivity index (χ3n) is 2.99. The van der Waals surface area contributed by atoms with E-state index in [4.69, 9.17) is 18.0 Å². The maximum Gasteiger partial charge on any atom is 0.241 e. The summed E-state index contributed by atoms with van der Waals surface area (Å²) in [7, 11) is -3.65. The fourth-order valence-electron chi connectivity index (χ4n) is 1.75. The van der Waals surface area contributed by atoms with Crippen LogP contribution in [0.1, 0.15) is 6.92 Å². The van der Waals surface area contributed by atoms with Gasteiger partial charge in [-0.3, -0.25) is 4.72 Å². The molecular formula is C13H13BrN2O2S2. The van der Waals surface area contributed by atoms with Crippen LogP contribution in [0.4, 0.5) is 5.69 Å². The van der Waals surface area contributed by atoms with Crippen LogP contribution in [0.2, 0.25) is 0 Å². The first-order valence-electron chi connectivity index (χ1n) is 5.81. The summed E-state index contributed by atoms with van der Waals surface area (Å²) in [5, 5.41) is 0.802. The summed E-state index contributed by atoms with van der Waals surface area (Å²) in [6.45, 7) is 1.46. The molecule has 3 N–H and O–H groups in total. The van der Waals surface area contributed by atoms with Gasteiger partial charge in [-0.15, -0.1) is 0 Å². The number of nitrogens with two attached hydrogens (primary N) is 1. The number of fused-ring (bicyclic) bond motifs is 1. The molecule has 0 aromatic heterocycles. The Hall–Kier alpha value is -1.18. The highest BCUT2D eigenvalue weighted by Gasteiger charge is 2.23. The van der Waals surface area contributed by atoms with Crippen molar-refractivity contribution in [1.82, 2.24) is 0 Å². The predicted octanol–water partition coefficient (Wildman–Crippen LogP) is 3.02. The van der Waals surface area contributed by atoms with Crippen molar-refractivity contribution in [3.05, 3.63) is 40.9 Å². The summed E-state index contributed by atoms with van der Waals surface area (Å²) in [4.78, 5) is -0.0566. The van der Waals surface area contributed by atoms with Crippen LogP contribution in [-0.4, -0.2) is 18.7 Å². The minimum absolute atomic E-state index is 0.0566. The number of hydrogen-bond acceptors (Lipinski definition) is 3. The number of anilines is 1. The molecule has 1 atom stereocenters. The first-order valence-corrected chi connectivity index (χ1v) is 8.56. The standard InChI is InChI=1S/C13H13BrN2O2S2/c1-8(13(15)19)20(17,18)16-12-7-6-11(14)9-4-2-3-5-10(9)12/h2-8,16H,1H3,(H2,15,19). The quantitative estimate of drug-likeness (QED) is 0.809. The number of benzene rings is 2. The molecule has 0 radical (unpaired) electrons. The Morgan fingerprint density at radius 3 is 2.45 bits per heavy atom. The van der Waals surface area contributed by atoms with Crippen LogP contribution in [0, 0.1) is 0 Å². The van der Waals surface area contributed by atoms with E-state index in [9.17, 15) is 8.42 Å². The fourth-order valence-corrected chi connectivity index (χ4v) is 3.57. The van der Waals surface area contributed by atoms with Gasteiger partial charge in [-0.2, -0.15) is 0 Å². The van der Waals surface area contributed by atoms with Gasteiger partial charge in [0.05, 0.1) is 10.7 Å². The monoisotopic (exact) mass is 372 g/mol. The van der Waals surface area contributed by atoms with Gasteiger partial charge in [0.2, 0.25) is 10.0 Å². The molecular weight excluding hydrogens is 360 g/mol. The molecule has 0 bridgehead atoms. The zero-order valence-corrected chi connectivity index (χ0v) is 13.8. The van der Waals surface area contributed by atoms with E-state index in [2.05, 4.69) is 20.7 Å². The maximum absolute atomic E-state index is 12.2. The molecule has 0 spiro atoms. The van der Waals surface area contributed by atoms with E-state index >= 15 is 0 Å². The van der Waals surface area contributed by atoms with Crippen LogP contribution in [0.25, 0.3) is 10.8 Å². The first kappa shape index (κ1) is 15.2. The zero-order valence-electron chi connectivity index (χ0n) is 10.6. The molecule has 0 amide bonds. The third kappa shape index (κ3) is 2.94. The lowest BCUT2D eigenvalue weighted by atomic mass is 10.1. The van der Waals surface area contributed by atoms with Crippen molar-refractivity contribution >= 4 is 59.6 Å². The molecule has 1 unspecified atom stereocenters. The molecule has 0 saturated carbocycles. The van der Waals surface area contributed by atoms with E-state index in [-0.39, 0.29) is 4.99 Å². The van der Waals surface area contributed by atoms with Crippen molar-refractivity contribution in [3.63, 3.8) is 0 Å². The van der Waals surface area contributed by atoms with Gasteiger partial charge in [0, 0.05) is 9.86 Å².